The molecule has 1 aromatic rings. The van der Waals surface area contributed by atoms with Gasteiger partial charge in [-0.15, -0.1) is 0 Å². The number of ether oxygens (including phenoxy) is 1. The van der Waals surface area contributed by atoms with Gasteiger partial charge in [0, 0.05) is 0 Å². The molecule has 0 aliphatic carbocycles. The van der Waals surface area contributed by atoms with Crippen LogP contribution >= 0.6 is 0 Å². The van der Waals surface area contributed by atoms with Crippen LogP contribution in [0.5, 0.6) is 5.75 Å². The molecule has 2 rings (SSSR count). The lowest BCUT2D eigenvalue weighted by atomic mass is 10.2. The molecule has 1 heterocycles. The first-order chi connectivity index (χ1) is 9.65. The molecule has 20 heavy (non-hydrogen) atoms. The average Bonchev–Trinajstić information content (AvgIpc) is 2.43. The first kappa shape index (κ1) is 14.8. The molecular formula is C15H24N3O2+. The molecule has 0 saturated carbocycles. The van der Waals surface area contributed by atoms with Gasteiger partial charge in [0.2, 0.25) is 5.91 Å². The van der Waals surface area contributed by atoms with Crippen LogP contribution in [0.25, 0.3) is 0 Å². The minimum atomic E-state index is 0.0261. The maximum atomic E-state index is 11.8. The number of piperazine rings is 1. The van der Waals surface area contributed by atoms with E-state index in [1.165, 1.54) is 4.90 Å². The second-order valence-corrected chi connectivity index (χ2v) is 5.34. The average molecular weight is 278 g/mol. The molecule has 5 nitrogen and oxygen atoms in total. The van der Waals surface area contributed by atoms with E-state index in [1.807, 2.05) is 36.2 Å². The van der Waals surface area contributed by atoms with Crippen molar-refractivity contribution in [1.82, 2.24) is 10.4 Å². The number of nitrogens with zero attached hydrogens (tertiary/aromatic N) is 1. The van der Waals surface area contributed by atoms with Crippen molar-refractivity contribution in [3.05, 3.63) is 29.8 Å². The number of carbonyl (C=O) groups is 1. The molecule has 0 aromatic heterocycles. The molecule has 0 bridgehead atoms. The normalized spacial score (nSPS) is 16.9. The summed E-state index contributed by atoms with van der Waals surface area (Å²) in [7, 11) is 2.18. The van der Waals surface area contributed by atoms with Crippen LogP contribution in [0.4, 0.5) is 0 Å². The van der Waals surface area contributed by atoms with E-state index in [1.54, 1.807) is 0 Å². The van der Waals surface area contributed by atoms with E-state index in [4.69, 9.17) is 4.74 Å². The highest BCUT2D eigenvalue weighted by Crippen LogP contribution is 2.16. The Labute approximate surface area is 120 Å². The van der Waals surface area contributed by atoms with Crippen LogP contribution in [0, 0.1) is 6.92 Å². The first-order valence-corrected chi connectivity index (χ1v) is 7.19. The Balaban J connectivity index is 1.67. The maximum Gasteiger partial charge on any atom is 0.237 e. The maximum absolute atomic E-state index is 11.8. The van der Waals surface area contributed by atoms with Crippen LogP contribution in [0.3, 0.4) is 0 Å². The highest BCUT2D eigenvalue weighted by Gasteiger charge is 2.17. The van der Waals surface area contributed by atoms with Crippen molar-refractivity contribution in [2.45, 2.75) is 13.3 Å². The van der Waals surface area contributed by atoms with Gasteiger partial charge in [-0.1, -0.05) is 18.2 Å². The van der Waals surface area contributed by atoms with Gasteiger partial charge in [-0.25, -0.2) is 5.01 Å². The van der Waals surface area contributed by atoms with Crippen molar-refractivity contribution in [2.24, 2.45) is 0 Å². The molecule has 5 heteroatoms. The van der Waals surface area contributed by atoms with Crippen LogP contribution in [0.1, 0.15) is 12.0 Å². The number of rotatable bonds is 5. The fraction of sp³-hybridized carbons (Fsp3) is 0.533. The predicted molar refractivity (Wildman–Crippen MR) is 77.6 cm³/mol. The number of nitrogens with one attached hydrogen (secondary N) is 2. The zero-order chi connectivity index (χ0) is 14.4. The highest BCUT2D eigenvalue weighted by molar-refractivity contribution is 5.75. The van der Waals surface area contributed by atoms with Crippen molar-refractivity contribution >= 4 is 5.91 Å². The van der Waals surface area contributed by atoms with E-state index in [0.717, 1.165) is 37.5 Å². The standard InChI is InChI=1S/C15H23N3O2/c1-13-5-3-4-6-14(13)20-12-7-15(19)16-18-10-8-17(2)9-11-18/h3-6H,7-12H2,1-2H3,(H,16,19)/p+1. The summed E-state index contributed by atoms with van der Waals surface area (Å²) in [4.78, 5) is 13.3. The number of likely N-dealkylation sites (N-methyl/N-ethyl adjacent to an activating group) is 1. The van der Waals surface area contributed by atoms with Crippen LogP contribution in [0.2, 0.25) is 0 Å². The Bertz CT molecular complexity index is 442. The zero-order valence-electron chi connectivity index (χ0n) is 12.3. The van der Waals surface area contributed by atoms with Gasteiger partial charge >= 0.3 is 0 Å². The molecule has 0 spiro atoms. The van der Waals surface area contributed by atoms with Crippen molar-refractivity contribution in [1.29, 1.82) is 0 Å². The van der Waals surface area contributed by atoms with E-state index in [0.29, 0.717) is 13.0 Å². The Morgan fingerprint density at radius 2 is 2.05 bits per heavy atom. The van der Waals surface area contributed by atoms with Crippen molar-refractivity contribution < 1.29 is 14.4 Å². The van der Waals surface area contributed by atoms with Crippen molar-refractivity contribution in [3.63, 3.8) is 0 Å². The van der Waals surface area contributed by atoms with E-state index in [2.05, 4.69) is 12.5 Å². The molecule has 1 aliphatic rings. The minimum absolute atomic E-state index is 0.0261. The van der Waals surface area contributed by atoms with E-state index in [-0.39, 0.29) is 5.91 Å². The molecule has 0 unspecified atom stereocenters. The van der Waals surface area contributed by atoms with Crippen LogP contribution in [-0.2, 0) is 4.79 Å². The quantitative estimate of drug-likeness (QED) is 0.772. The van der Waals surface area contributed by atoms with Gasteiger partial charge in [0.1, 0.15) is 5.75 Å². The fourth-order valence-electron chi connectivity index (χ4n) is 2.20. The van der Waals surface area contributed by atoms with Crippen molar-refractivity contribution in [3.8, 4) is 5.75 Å². The third kappa shape index (κ3) is 4.51. The third-order valence-corrected chi connectivity index (χ3v) is 3.58. The summed E-state index contributed by atoms with van der Waals surface area (Å²) in [5.41, 5.74) is 4.03. The summed E-state index contributed by atoms with van der Waals surface area (Å²) in [6.07, 6.45) is 0.382. The zero-order valence-corrected chi connectivity index (χ0v) is 12.3. The lowest BCUT2D eigenvalue weighted by Crippen LogP contribution is -3.12. The number of benzene rings is 1. The summed E-state index contributed by atoms with van der Waals surface area (Å²) in [6, 6.07) is 7.84. The number of quaternary nitrogens is 1. The summed E-state index contributed by atoms with van der Waals surface area (Å²) in [6.45, 7) is 6.38. The highest BCUT2D eigenvalue weighted by atomic mass is 16.5. The SMILES string of the molecule is Cc1ccccc1OCCC(=O)NN1CC[NH+](C)CC1. The smallest absolute Gasteiger partial charge is 0.237 e. The lowest BCUT2D eigenvalue weighted by Gasteiger charge is -2.30. The summed E-state index contributed by atoms with van der Waals surface area (Å²) >= 11 is 0. The first-order valence-electron chi connectivity index (χ1n) is 7.19. The third-order valence-electron chi connectivity index (χ3n) is 3.58. The molecule has 1 aliphatic heterocycles. The second-order valence-electron chi connectivity index (χ2n) is 5.34. The largest absolute Gasteiger partial charge is 0.493 e. The monoisotopic (exact) mass is 278 g/mol. The van der Waals surface area contributed by atoms with Crippen LogP contribution in [-0.4, -0.2) is 50.7 Å². The summed E-state index contributed by atoms with van der Waals surface area (Å²) < 4.78 is 5.63. The van der Waals surface area contributed by atoms with Gasteiger partial charge in [-0.2, -0.15) is 0 Å². The number of amides is 1. The number of para-hydroxylation sites is 1. The van der Waals surface area contributed by atoms with Gasteiger partial charge in [0.25, 0.3) is 0 Å². The number of aryl methyl sites for hydroxylation is 1. The van der Waals surface area contributed by atoms with Gasteiger partial charge in [-0.3, -0.25) is 10.2 Å². The summed E-state index contributed by atoms with van der Waals surface area (Å²) in [5, 5.41) is 2.00. The Morgan fingerprint density at radius 3 is 2.75 bits per heavy atom. The Kier molecular flexibility index (Phi) is 5.38. The molecule has 1 saturated heterocycles. The fourth-order valence-corrected chi connectivity index (χ4v) is 2.20. The van der Waals surface area contributed by atoms with Gasteiger partial charge in [0.05, 0.1) is 46.3 Å². The molecule has 1 amide bonds. The van der Waals surface area contributed by atoms with E-state index in [9.17, 15) is 4.79 Å². The molecule has 1 fully saturated rings. The number of hydrogen-bond donors (Lipinski definition) is 2. The van der Waals surface area contributed by atoms with Gasteiger partial charge in [0.15, 0.2) is 0 Å². The molecule has 110 valence electrons. The molecule has 0 atom stereocenters. The van der Waals surface area contributed by atoms with Gasteiger partial charge in [-0.05, 0) is 18.6 Å². The number of carbonyl (C=O) groups excluding carboxylic acids is 1. The Hall–Kier alpha value is -1.59. The molecule has 2 N–H and O–H groups in total. The van der Waals surface area contributed by atoms with Crippen LogP contribution < -0.4 is 15.1 Å². The topological polar surface area (TPSA) is 46.0 Å². The summed E-state index contributed by atoms with van der Waals surface area (Å²) in [5.74, 6) is 0.877. The molecule has 0 radical (unpaired) electrons. The van der Waals surface area contributed by atoms with E-state index >= 15 is 0 Å². The Morgan fingerprint density at radius 1 is 1.35 bits per heavy atom. The lowest BCUT2D eigenvalue weighted by molar-refractivity contribution is -0.884. The number of hydrogen-bond acceptors (Lipinski definition) is 3. The molecular weight excluding hydrogens is 254 g/mol. The second kappa shape index (κ2) is 7.26. The molecule has 1 aromatic carbocycles. The minimum Gasteiger partial charge on any atom is -0.493 e. The van der Waals surface area contributed by atoms with Gasteiger partial charge < -0.3 is 9.64 Å². The predicted octanol–water partition coefficient (Wildman–Crippen LogP) is -0.375. The van der Waals surface area contributed by atoms with E-state index < -0.39 is 0 Å². The van der Waals surface area contributed by atoms with Crippen molar-refractivity contribution in [2.75, 3.05) is 39.8 Å². The van der Waals surface area contributed by atoms with Crippen LogP contribution in [0.15, 0.2) is 24.3 Å². The number of hydrazine groups is 1.